The highest BCUT2D eigenvalue weighted by atomic mass is 16.2. The molecule has 3 rings (SSSR count). The van der Waals surface area contributed by atoms with Crippen LogP contribution in [0.4, 0.5) is 17.1 Å². The van der Waals surface area contributed by atoms with Crippen LogP contribution in [0.1, 0.15) is 18.5 Å². The first kappa shape index (κ1) is 19.6. The number of nitrogens with zero attached hydrogens (tertiary/aromatic N) is 4. The van der Waals surface area contributed by atoms with E-state index in [1.165, 1.54) is 17.3 Å². The molecule has 0 fully saturated rings. The maximum absolute atomic E-state index is 12.2. The molecule has 0 radical (unpaired) electrons. The summed E-state index contributed by atoms with van der Waals surface area (Å²) in [7, 11) is 0. The summed E-state index contributed by atoms with van der Waals surface area (Å²) in [6.45, 7) is 1.80. The van der Waals surface area contributed by atoms with Crippen LogP contribution in [0.5, 0.6) is 0 Å². The van der Waals surface area contributed by atoms with E-state index in [0.717, 1.165) is 5.69 Å². The minimum absolute atomic E-state index is 0.0831. The Morgan fingerprint density at radius 1 is 1.03 bits per heavy atom. The SMILES string of the molecule is CC(C(=O)Nc1ccc(NC(=O)CNc2ccc(C#N)cc2)cc1)n1cncn1. The van der Waals surface area contributed by atoms with E-state index in [-0.39, 0.29) is 18.4 Å². The monoisotopic (exact) mass is 389 g/mol. The van der Waals surface area contributed by atoms with Gasteiger partial charge in [0.15, 0.2) is 0 Å². The summed E-state index contributed by atoms with van der Waals surface area (Å²) in [5, 5.41) is 21.3. The predicted molar refractivity (Wildman–Crippen MR) is 108 cm³/mol. The van der Waals surface area contributed by atoms with Crippen molar-refractivity contribution in [1.29, 1.82) is 5.26 Å². The van der Waals surface area contributed by atoms with Gasteiger partial charge in [-0.05, 0) is 55.5 Å². The van der Waals surface area contributed by atoms with E-state index in [9.17, 15) is 9.59 Å². The highest BCUT2D eigenvalue weighted by Crippen LogP contribution is 2.15. The van der Waals surface area contributed by atoms with Gasteiger partial charge in [0.2, 0.25) is 11.8 Å². The van der Waals surface area contributed by atoms with Crippen LogP contribution in [0.2, 0.25) is 0 Å². The average molecular weight is 389 g/mol. The first-order valence-electron chi connectivity index (χ1n) is 8.84. The Morgan fingerprint density at radius 2 is 1.66 bits per heavy atom. The second-order valence-corrected chi connectivity index (χ2v) is 6.21. The second kappa shape index (κ2) is 9.14. The molecule has 9 heteroatoms. The number of benzene rings is 2. The van der Waals surface area contributed by atoms with Gasteiger partial charge < -0.3 is 16.0 Å². The number of nitrogens with one attached hydrogen (secondary N) is 3. The van der Waals surface area contributed by atoms with Crippen molar-refractivity contribution in [3.05, 3.63) is 66.7 Å². The van der Waals surface area contributed by atoms with Gasteiger partial charge >= 0.3 is 0 Å². The van der Waals surface area contributed by atoms with Crippen molar-refractivity contribution < 1.29 is 9.59 Å². The lowest BCUT2D eigenvalue weighted by Gasteiger charge is -2.13. The molecule has 0 aliphatic heterocycles. The molecule has 1 atom stereocenters. The zero-order chi connectivity index (χ0) is 20.6. The summed E-state index contributed by atoms with van der Waals surface area (Å²) in [6, 6.07) is 15.2. The summed E-state index contributed by atoms with van der Waals surface area (Å²) in [5.74, 6) is -0.440. The summed E-state index contributed by atoms with van der Waals surface area (Å²) < 4.78 is 1.46. The van der Waals surface area contributed by atoms with E-state index in [0.29, 0.717) is 16.9 Å². The van der Waals surface area contributed by atoms with Crippen LogP contribution < -0.4 is 16.0 Å². The van der Waals surface area contributed by atoms with Crippen LogP contribution in [0, 0.1) is 11.3 Å². The smallest absolute Gasteiger partial charge is 0.249 e. The summed E-state index contributed by atoms with van der Waals surface area (Å²) in [4.78, 5) is 28.1. The molecular formula is C20H19N7O2. The van der Waals surface area contributed by atoms with Crippen molar-refractivity contribution >= 4 is 28.9 Å². The maximum Gasteiger partial charge on any atom is 0.249 e. The van der Waals surface area contributed by atoms with E-state index < -0.39 is 6.04 Å². The Labute approximate surface area is 167 Å². The van der Waals surface area contributed by atoms with Crippen LogP contribution >= 0.6 is 0 Å². The Morgan fingerprint density at radius 3 is 2.24 bits per heavy atom. The summed E-state index contributed by atoms with van der Waals surface area (Å²) in [5.41, 5.74) is 2.52. The lowest BCUT2D eigenvalue weighted by molar-refractivity contribution is -0.119. The summed E-state index contributed by atoms with van der Waals surface area (Å²) in [6.07, 6.45) is 2.85. The van der Waals surface area contributed by atoms with E-state index in [1.54, 1.807) is 55.5 Å². The van der Waals surface area contributed by atoms with Crippen molar-refractivity contribution in [2.24, 2.45) is 0 Å². The molecule has 3 aromatic rings. The van der Waals surface area contributed by atoms with Crippen molar-refractivity contribution in [2.75, 3.05) is 22.5 Å². The molecule has 0 aliphatic carbocycles. The molecule has 3 N–H and O–H groups in total. The van der Waals surface area contributed by atoms with Crippen molar-refractivity contribution in [3.63, 3.8) is 0 Å². The Bertz CT molecular complexity index is 1010. The molecular weight excluding hydrogens is 370 g/mol. The van der Waals surface area contributed by atoms with E-state index in [1.807, 2.05) is 6.07 Å². The highest BCUT2D eigenvalue weighted by molar-refractivity contribution is 5.95. The lowest BCUT2D eigenvalue weighted by atomic mass is 10.2. The quantitative estimate of drug-likeness (QED) is 0.570. The molecule has 0 aliphatic rings. The van der Waals surface area contributed by atoms with Crippen LogP contribution in [0.25, 0.3) is 0 Å². The van der Waals surface area contributed by atoms with Crippen molar-refractivity contribution in [2.45, 2.75) is 13.0 Å². The predicted octanol–water partition coefficient (Wildman–Crippen LogP) is 2.40. The molecule has 0 bridgehead atoms. The number of hydrogen-bond acceptors (Lipinski definition) is 6. The van der Waals surface area contributed by atoms with E-state index in [4.69, 9.17) is 5.26 Å². The lowest BCUT2D eigenvalue weighted by Crippen LogP contribution is -2.24. The molecule has 1 unspecified atom stereocenters. The fourth-order valence-electron chi connectivity index (χ4n) is 2.47. The number of amides is 2. The first-order valence-corrected chi connectivity index (χ1v) is 8.84. The number of anilines is 3. The minimum atomic E-state index is -0.495. The number of hydrogen-bond donors (Lipinski definition) is 3. The fraction of sp³-hybridized carbons (Fsp3) is 0.150. The van der Waals surface area contributed by atoms with Crippen LogP contribution in [0.15, 0.2) is 61.2 Å². The second-order valence-electron chi connectivity index (χ2n) is 6.21. The van der Waals surface area contributed by atoms with Gasteiger partial charge in [-0.25, -0.2) is 9.67 Å². The molecule has 0 saturated carbocycles. The average Bonchev–Trinajstić information content (AvgIpc) is 3.28. The standard InChI is InChI=1S/C20H19N7O2/c1-14(27-13-22-12-24-27)20(29)26-18-8-6-17(7-9-18)25-19(28)11-23-16-4-2-15(10-21)3-5-16/h2-9,12-14,23H,11H2,1H3,(H,25,28)(H,26,29). The van der Waals surface area contributed by atoms with Crippen LogP contribution in [-0.2, 0) is 9.59 Å². The largest absolute Gasteiger partial charge is 0.376 e. The molecule has 0 spiro atoms. The van der Waals surface area contributed by atoms with Gasteiger partial charge in [0, 0.05) is 17.1 Å². The van der Waals surface area contributed by atoms with Gasteiger partial charge in [0.1, 0.15) is 18.7 Å². The van der Waals surface area contributed by atoms with E-state index in [2.05, 4.69) is 26.0 Å². The Hall–Kier alpha value is -4.19. The molecule has 146 valence electrons. The Kier molecular flexibility index (Phi) is 6.17. The third kappa shape index (κ3) is 5.40. The molecule has 1 aromatic heterocycles. The molecule has 9 nitrogen and oxygen atoms in total. The van der Waals surface area contributed by atoms with Gasteiger partial charge in [-0.3, -0.25) is 9.59 Å². The third-order valence-corrected chi connectivity index (χ3v) is 4.12. The normalized spacial score (nSPS) is 11.2. The minimum Gasteiger partial charge on any atom is -0.376 e. The topological polar surface area (TPSA) is 125 Å². The van der Waals surface area contributed by atoms with Gasteiger partial charge in [0.25, 0.3) is 0 Å². The number of carbonyl (C=O) groups is 2. The molecule has 2 aromatic carbocycles. The molecule has 0 saturated heterocycles. The maximum atomic E-state index is 12.2. The third-order valence-electron chi connectivity index (χ3n) is 4.12. The van der Waals surface area contributed by atoms with Gasteiger partial charge in [-0.1, -0.05) is 0 Å². The molecule has 1 heterocycles. The van der Waals surface area contributed by atoms with E-state index >= 15 is 0 Å². The number of rotatable bonds is 7. The number of carbonyl (C=O) groups excluding carboxylic acids is 2. The van der Waals surface area contributed by atoms with Gasteiger partial charge in [0.05, 0.1) is 18.2 Å². The summed E-state index contributed by atoms with van der Waals surface area (Å²) >= 11 is 0. The van der Waals surface area contributed by atoms with Crippen LogP contribution in [-0.4, -0.2) is 33.1 Å². The Balaban J connectivity index is 1.48. The zero-order valence-corrected chi connectivity index (χ0v) is 15.7. The molecule has 29 heavy (non-hydrogen) atoms. The zero-order valence-electron chi connectivity index (χ0n) is 15.7. The van der Waals surface area contributed by atoms with Gasteiger partial charge in [-0.15, -0.1) is 0 Å². The van der Waals surface area contributed by atoms with Gasteiger partial charge in [-0.2, -0.15) is 10.4 Å². The first-order chi connectivity index (χ1) is 14.0. The number of aromatic nitrogens is 3. The molecule has 2 amide bonds. The highest BCUT2D eigenvalue weighted by Gasteiger charge is 2.15. The van der Waals surface area contributed by atoms with Crippen molar-refractivity contribution in [3.8, 4) is 6.07 Å². The van der Waals surface area contributed by atoms with Crippen LogP contribution in [0.3, 0.4) is 0 Å². The fourth-order valence-corrected chi connectivity index (χ4v) is 2.47. The van der Waals surface area contributed by atoms with Crippen molar-refractivity contribution in [1.82, 2.24) is 14.8 Å². The number of nitriles is 1.